The van der Waals surface area contributed by atoms with E-state index in [1.54, 1.807) is 0 Å². The van der Waals surface area contributed by atoms with E-state index in [-0.39, 0.29) is 39.6 Å². The summed E-state index contributed by atoms with van der Waals surface area (Å²) in [4.78, 5) is 2.07. The molecule has 0 aromatic heterocycles. The average Bonchev–Trinajstić information content (AvgIpc) is 2.71. The highest BCUT2D eigenvalue weighted by Crippen LogP contribution is 2.33. The normalized spacial score (nSPS) is 15.4. The Hall–Kier alpha value is -0.880. The van der Waals surface area contributed by atoms with E-state index in [1.807, 2.05) is 39.2 Å². The lowest BCUT2D eigenvalue weighted by atomic mass is 9.95. The van der Waals surface area contributed by atoms with Crippen LogP contribution in [0.5, 0.6) is 0 Å². The van der Waals surface area contributed by atoms with Gasteiger partial charge in [-0.1, -0.05) is 12.2 Å². The summed E-state index contributed by atoms with van der Waals surface area (Å²) in [6, 6.07) is 0. The molecule has 0 saturated heterocycles. The van der Waals surface area contributed by atoms with Crippen LogP contribution in [0.4, 0.5) is 0 Å². The Morgan fingerprint density at radius 3 is 1.42 bits per heavy atom. The first-order valence-corrected chi connectivity index (χ1v) is 11.2. The SMILES string of the molecule is CC=CC(CC=CC[N+](CCO)(CCO)CCO)(N(C)C)[N+](CCO)(CCO)CCO. The van der Waals surface area contributed by atoms with E-state index >= 15 is 0 Å². The van der Waals surface area contributed by atoms with Gasteiger partial charge in [0.1, 0.15) is 39.3 Å². The van der Waals surface area contributed by atoms with Gasteiger partial charge in [0, 0.05) is 6.42 Å². The Bertz CT molecular complexity index is 481. The number of hydrogen-bond acceptors (Lipinski definition) is 7. The lowest BCUT2D eigenvalue weighted by molar-refractivity contribution is -0.981. The van der Waals surface area contributed by atoms with E-state index in [0.717, 1.165) is 0 Å². The quantitative estimate of drug-likeness (QED) is 0.0793. The van der Waals surface area contributed by atoms with Gasteiger partial charge in [0.05, 0.1) is 46.2 Å². The second kappa shape index (κ2) is 15.8. The number of nitrogens with zero attached hydrogens (tertiary/aromatic N) is 3. The lowest BCUT2D eigenvalue weighted by Gasteiger charge is -2.54. The predicted molar refractivity (Wildman–Crippen MR) is 122 cm³/mol. The maximum atomic E-state index is 9.81. The van der Waals surface area contributed by atoms with Crippen LogP contribution in [-0.4, -0.2) is 150 Å². The molecule has 0 saturated carbocycles. The van der Waals surface area contributed by atoms with Crippen molar-refractivity contribution in [2.24, 2.45) is 0 Å². The maximum Gasteiger partial charge on any atom is 0.178 e. The van der Waals surface area contributed by atoms with E-state index in [4.69, 9.17) is 0 Å². The van der Waals surface area contributed by atoms with Crippen molar-refractivity contribution in [1.29, 1.82) is 0 Å². The molecular formula is C22H47N3O6+2. The molecular weight excluding hydrogens is 402 g/mol. The molecule has 0 spiro atoms. The zero-order valence-corrected chi connectivity index (χ0v) is 19.7. The van der Waals surface area contributed by atoms with Crippen LogP contribution >= 0.6 is 0 Å². The van der Waals surface area contributed by atoms with Gasteiger partial charge in [-0.15, -0.1) is 0 Å². The summed E-state index contributed by atoms with van der Waals surface area (Å²) in [5.41, 5.74) is -0.597. The first kappa shape index (κ1) is 30.1. The minimum absolute atomic E-state index is 0.0302. The summed E-state index contributed by atoms with van der Waals surface area (Å²) >= 11 is 0. The molecule has 0 radical (unpaired) electrons. The number of likely N-dealkylation sites (N-methyl/N-ethyl adjacent to an activating group) is 1. The van der Waals surface area contributed by atoms with E-state index in [0.29, 0.717) is 61.2 Å². The Morgan fingerprint density at radius 1 is 0.677 bits per heavy atom. The number of rotatable bonds is 19. The van der Waals surface area contributed by atoms with E-state index in [1.165, 1.54) is 0 Å². The van der Waals surface area contributed by atoms with Gasteiger partial charge < -0.3 is 35.1 Å². The fourth-order valence-corrected chi connectivity index (χ4v) is 4.73. The van der Waals surface area contributed by atoms with Crippen molar-refractivity contribution >= 4 is 0 Å². The number of hydrogen-bond donors (Lipinski definition) is 6. The van der Waals surface area contributed by atoms with Gasteiger partial charge in [-0.3, -0.25) is 9.38 Å². The number of quaternary nitrogens is 2. The van der Waals surface area contributed by atoms with Crippen molar-refractivity contribution in [1.82, 2.24) is 4.90 Å². The van der Waals surface area contributed by atoms with E-state index < -0.39 is 5.66 Å². The van der Waals surface area contributed by atoms with Crippen molar-refractivity contribution in [2.75, 3.05) is 99.5 Å². The molecule has 9 heteroatoms. The van der Waals surface area contributed by atoms with Gasteiger partial charge in [0.15, 0.2) is 5.66 Å². The molecule has 0 aliphatic heterocycles. The van der Waals surface area contributed by atoms with Gasteiger partial charge in [-0.2, -0.15) is 0 Å². The van der Waals surface area contributed by atoms with Gasteiger partial charge in [-0.25, -0.2) is 0 Å². The summed E-state index contributed by atoms with van der Waals surface area (Å²) in [7, 11) is 3.91. The number of aliphatic hydroxyl groups is 6. The second-order valence-electron chi connectivity index (χ2n) is 8.30. The van der Waals surface area contributed by atoms with Crippen LogP contribution in [0, 0.1) is 0 Å². The Labute approximate surface area is 187 Å². The molecule has 0 amide bonds. The van der Waals surface area contributed by atoms with Crippen LogP contribution in [-0.2, 0) is 0 Å². The highest BCUT2D eigenvalue weighted by atomic mass is 16.3. The molecule has 1 unspecified atom stereocenters. The Kier molecular flexibility index (Phi) is 15.4. The summed E-state index contributed by atoms with van der Waals surface area (Å²) in [6.07, 6.45) is 8.64. The summed E-state index contributed by atoms with van der Waals surface area (Å²) < 4.78 is 0.699. The topological polar surface area (TPSA) is 125 Å². The van der Waals surface area contributed by atoms with Gasteiger partial charge >= 0.3 is 0 Å². The zero-order valence-electron chi connectivity index (χ0n) is 19.7. The highest BCUT2D eigenvalue weighted by molar-refractivity contribution is 5.05. The molecule has 0 aliphatic rings. The smallest absolute Gasteiger partial charge is 0.178 e. The largest absolute Gasteiger partial charge is 0.391 e. The fraction of sp³-hybridized carbons (Fsp3) is 0.818. The monoisotopic (exact) mass is 449 g/mol. The van der Waals surface area contributed by atoms with Crippen LogP contribution < -0.4 is 0 Å². The minimum atomic E-state index is -0.597. The summed E-state index contributed by atoms with van der Waals surface area (Å²) in [5, 5.41) is 57.9. The zero-order chi connectivity index (χ0) is 23.8. The third kappa shape index (κ3) is 8.20. The van der Waals surface area contributed by atoms with Crippen LogP contribution in [0.25, 0.3) is 0 Å². The number of aliphatic hydroxyl groups excluding tert-OH is 6. The van der Waals surface area contributed by atoms with E-state index in [9.17, 15) is 30.6 Å². The number of allylic oxidation sites excluding steroid dienone is 1. The molecule has 0 rings (SSSR count). The molecule has 0 bridgehead atoms. The first-order chi connectivity index (χ1) is 14.8. The summed E-state index contributed by atoms with van der Waals surface area (Å²) in [5.74, 6) is 0. The van der Waals surface area contributed by atoms with Crippen molar-refractivity contribution in [3.63, 3.8) is 0 Å². The Balaban J connectivity index is 6.04. The van der Waals surface area contributed by atoms with Crippen LogP contribution in [0.2, 0.25) is 0 Å². The van der Waals surface area contributed by atoms with Crippen LogP contribution in [0.1, 0.15) is 13.3 Å². The Morgan fingerprint density at radius 2 is 1.10 bits per heavy atom. The fourth-order valence-electron chi connectivity index (χ4n) is 4.73. The van der Waals surface area contributed by atoms with Gasteiger partial charge in [0.2, 0.25) is 0 Å². The molecule has 1 atom stereocenters. The standard InChI is InChI=1S/C22H47N3O6/c1-4-7-22(23(2)3,25(13-19-29,14-20-30)15-21-31)8-5-6-9-24(10-16-26,11-17-27)12-18-28/h4-7,26-31H,8-21H2,1-3H3/q+2. The highest BCUT2D eigenvalue weighted by Gasteiger charge is 2.49. The minimum Gasteiger partial charge on any atom is -0.391 e. The molecule has 0 heterocycles. The molecule has 0 aliphatic carbocycles. The molecule has 9 nitrogen and oxygen atoms in total. The van der Waals surface area contributed by atoms with Crippen molar-refractivity contribution in [3.8, 4) is 0 Å². The van der Waals surface area contributed by atoms with Crippen LogP contribution in [0.3, 0.4) is 0 Å². The average molecular weight is 450 g/mol. The summed E-state index contributed by atoms with van der Waals surface area (Å²) in [6.45, 7) is 4.68. The molecule has 31 heavy (non-hydrogen) atoms. The third-order valence-electron chi connectivity index (χ3n) is 6.41. The molecule has 0 fully saturated rings. The van der Waals surface area contributed by atoms with Gasteiger partial charge in [-0.05, 0) is 33.2 Å². The maximum absolute atomic E-state index is 9.81. The van der Waals surface area contributed by atoms with Gasteiger partial charge in [0.25, 0.3) is 0 Å². The van der Waals surface area contributed by atoms with Crippen molar-refractivity contribution < 1.29 is 39.6 Å². The third-order valence-corrected chi connectivity index (χ3v) is 6.41. The van der Waals surface area contributed by atoms with Crippen molar-refractivity contribution in [2.45, 2.75) is 19.0 Å². The van der Waals surface area contributed by atoms with Crippen LogP contribution in [0.15, 0.2) is 24.3 Å². The first-order valence-electron chi connectivity index (χ1n) is 11.2. The van der Waals surface area contributed by atoms with Crippen molar-refractivity contribution in [3.05, 3.63) is 24.3 Å². The lowest BCUT2D eigenvalue weighted by Crippen LogP contribution is -2.71. The molecule has 0 aromatic rings. The van der Waals surface area contributed by atoms with E-state index in [2.05, 4.69) is 11.0 Å². The molecule has 6 N–H and O–H groups in total. The molecule has 184 valence electrons. The molecule has 0 aromatic carbocycles. The second-order valence-corrected chi connectivity index (χ2v) is 8.30. The predicted octanol–water partition coefficient (Wildman–Crippen LogP) is -1.65.